The first kappa shape index (κ1) is 25.4. The van der Waals surface area contributed by atoms with E-state index < -0.39 is 5.60 Å². The molecule has 0 aromatic carbocycles. The Bertz CT molecular complexity index is 1050. The molecule has 1 saturated heterocycles. The monoisotopic (exact) mass is 511 g/mol. The number of hydrogen-bond acceptors (Lipinski definition) is 5. The van der Waals surface area contributed by atoms with Crippen molar-refractivity contribution in [3.63, 3.8) is 0 Å². The summed E-state index contributed by atoms with van der Waals surface area (Å²) < 4.78 is 5.23. The van der Waals surface area contributed by atoms with Gasteiger partial charge in [0.2, 0.25) is 0 Å². The summed E-state index contributed by atoms with van der Waals surface area (Å²) in [4.78, 5) is 24.3. The molecular formula is C30H45N3O4. The van der Waals surface area contributed by atoms with Gasteiger partial charge in [0, 0.05) is 23.6 Å². The zero-order chi connectivity index (χ0) is 25.8. The average Bonchev–Trinajstić information content (AvgIpc) is 3.16. The highest BCUT2D eigenvalue weighted by Crippen LogP contribution is 2.70. The minimum Gasteiger partial charge on any atom is -0.431 e. The quantitative estimate of drug-likeness (QED) is 0.485. The fourth-order valence-electron chi connectivity index (χ4n) is 9.84. The Labute approximate surface area is 220 Å². The Kier molecular flexibility index (Phi) is 6.46. The van der Waals surface area contributed by atoms with E-state index in [4.69, 9.17) is 4.42 Å². The van der Waals surface area contributed by atoms with Crippen molar-refractivity contribution in [1.82, 2.24) is 16.0 Å². The first-order chi connectivity index (χ1) is 17.7. The number of carbonyl (C=O) groups excluding carboxylic acids is 1. The highest BCUT2D eigenvalue weighted by atomic mass is 16.4. The van der Waals surface area contributed by atoms with Gasteiger partial charge in [-0.2, -0.15) is 0 Å². The van der Waals surface area contributed by atoms with Crippen LogP contribution in [0.1, 0.15) is 96.0 Å². The number of amides is 2. The molecule has 1 aliphatic heterocycles. The highest BCUT2D eigenvalue weighted by molar-refractivity contribution is 5.74. The van der Waals surface area contributed by atoms with Crippen LogP contribution in [-0.2, 0) is 0 Å². The minimum absolute atomic E-state index is 0.00526. The van der Waals surface area contributed by atoms with Gasteiger partial charge >= 0.3 is 11.7 Å². The van der Waals surface area contributed by atoms with Crippen molar-refractivity contribution in [2.75, 3.05) is 13.1 Å². The molecule has 37 heavy (non-hydrogen) atoms. The minimum atomic E-state index is -0.672. The van der Waals surface area contributed by atoms with Crippen LogP contribution in [0.4, 0.5) is 4.79 Å². The van der Waals surface area contributed by atoms with E-state index in [1.165, 1.54) is 6.07 Å². The van der Waals surface area contributed by atoms with Crippen molar-refractivity contribution in [3.8, 4) is 0 Å². The molecule has 7 heteroatoms. The molecule has 4 N–H and O–H groups in total. The molecule has 4 saturated carbocycles. The van der Waals surface area contributed by atoms with E-state index >= 15 is 0 Å². The second-order valence-corrected chi connectivity index (χ2v) is 13.5. The van der Waals surface area contributed by atoms with Crippen LogP contribution in [0.5, 0.6) is 0 Å². The van der Waals surface area contributed by atoms with E-state index in [0.717, 1.165) is 89.3 Å². The zero-order valence-corrected chi connectivity index (χ0v) is 22.6. The van der Waals surface area contributed by atoms with E-state index in [2.05, 4.69) is 29.8 Å². The molecule has 4 aliphatic carbocycles. The van der Waals surface area contributed by atoms with Gasteiger partial charge < -0.3 is 25.5 Å². The number of fused-ring (bicyclic) bond motifs is 5. The third-order valence-electron chi connectivity index (χ3n) is 12.0. The van der Waals surface area contributed by atoms with Crippen molar-refractivity contribution in [1.29, 1.82) is 0 Å². The lowest BCUT2D eigenvalue weighted by Gasteiger charge is -2.63. The maximum Gasteiger partial charge on any atom is 0.335 e. The van der Waals surface area contributed by atoms with Crippen LogP contribution < -0.4 is 21.6 Å². The van der Waals surface area contributed by atoms with Crippen molar-refractivity contribution in [2.45, 2.75) is 108 Å². The predicted octanol–water partition coefficient (Wildman–Crippen LogP) is 4.30. The summed E-state index contributed by atoms with van der Waals surface area (Å²) in [5.41, 5.74) is 0.107. The lowest BCUT2D eigenvalue weighted by Crippen LogP contribution is -2.62. The molecule has 6 rings (SSSR count). The molecule has 8 atom stereocenters. The van der Waals surface area contributed by atoms with E-state index in [0.29, 0.717) is 17.8 Å². The Balaban J connectivity index is 1.14. The SMILES string of the molecule is CC12CCC(NC(=O)NC3CCNCC3)CC1CCC1C2CCC2(C)C(c3ccc(=O)oc3)CCC12O. The van der Waals surface area contributed by atoms with Gasteiger partial charge in [-0.1, -0.05) is 13.8 Å². The molecule has 0 radical (unpaired) electrons. The number of hydrogen-bond donors (Lipinski definition) is 4. The molecule has 5 aliphatic rings. The molecule has 204 valence electrons. The summed E-state index contributed by atoms with van der Waals surface area (Å²) in [6.07, 6.45) is 13.0. The zero-order valence-electron chi connectivity index (χ0n) is 22.6. The van der Waals surface area contributed by atoms with Crippen LogP contribution in [0.3, 0.4) is 0 Å². The second-order valence-electron chi connectivity index (χ2n) is 13.5. The number of nitrogens with one attached hydrogen (secondary N) is 3. The number of urea groups is 1. The normalized spacial score (nSPS) is 43.8. The largest absolute Gasteiger partial charge is 0.431 e. The van der Waals surface area contributed by atoms with Gasteiger partial charge in [-0.25, -0.2) is 9.59 Å². The predicted molar refractivity (Wildman–Crippen MR) is 142 cm³/mol. The Morgan fingerprint density at radius 3 is 2.49 bits per heavy atom. The van der Waals surface area contributed by atoms with Crippen molar-refractivity contribution in [3.05, 3.63) is 34.4 Å². The number of piperidine rings is 1. The third kappa shape index (κ3) is 4.15. The van der Waals surface area contributed by atoms with Crippen molar-refractivity contribution < 1.29 is 14.3 Å². The summed E-state index contributed by atoms with van der Waals surface area (Å²) in [5, 5.41) is 22.3. The van der Waals surface area contributed by atoms with Gasteiger partial charge in [0.1, 0.15) is 0 Å². The van der Waals surface area contributed by atoms with Crippen molar-refractivity contribution >= 4 is 6.03 Å². The van der Waals surface area contributed by atoms with Gasteiger partial charge in [0.05, 0.1) is 11.9 Å². The number of carbonyl (C=O) groups is 1. The standard InChI is InChI=1S/C30H45N3O4/c1-28-12-7-22(33-27(35)32-21-10-15-31-16-11-21)17-20(28)4-5-25-24(28)8-13-29(2)23(9-14-30(25,29)36)19-3-6-26(34)37-18-19/h3,6,18,20-25,31,36H,4-5,7-17H2,1-2H3,(H2,32,33,35). The van der Waals surface area contributed by atoms with Gasteiger partial charge in [0.25, 0.3) is 0 Å². The second kappa shape index (κ2) is 9.41. The lowest BCUT2D eigenvalue weighted by molar-refractivity contribution is -0.201. The molecule has 1 aromatic rings. The molecule has 7 nitrogen and oxygen atoms in total. The first-order valence-electron chi connectivity index (χ1n) is 14.8. The summed E-state index contributed by atoms with van der Waals surface area (Å²) in [7, 11) is 0. The van der Waals surface area contributed by atoms with E-state index in [9.17, 15) is 14.7 Å². The summed E-state index contributed by atoms with van der Waals surface area (Å²) >= 11 is 0. The van der Waals surface area contributed by atoms with Gasteiger partial charge in [0.15, 0.2) is 0 Å². The first-order valence-corrected chi connectivity index (χ1v) is 14.8. The van der Waals surface area contributed by atoms with Crippen LogP contribution >= 0.6 is 0 Å². The van der Waals surface area contributed by atoms with Crippen LogP contribution in [-0.4, -0.2) is 41.9 Å². The Morgan fingerprint density at radius 2 is 1.73 bits per heavy atom. The van der Waals surface area contributed by atoms with E-state index in [1.54, 1.807) is 6.26 Å². The maximum atomic E-state index is 12.7. The lowest BCUT2D eigenvalue weighted by atomic mass is 9.43. The highest BCUT2D eigenvalue weighted by Gasteiger charge is 2.67. The summed E-state index contributed by atoms with van der Waals surface area (Å²) in [6, 6.07) is 3.97. The smallest absolute Gasteiger partial charge is 0.335 e. The molecule has 2 heterocycles. The van der Waals surface area contributed by atoms with Gasteiger partial charge in [-0.3, -0.25) is 0 Å². The van der Waals surface area contributed by atoms with Gasteiger partial charge in [-0.05, 0) is 124 Å². The molecule has 1 aromatic heterocycles. The van der Waals surface area contributed by atoms with Crippen molar-refractivity contribution in [2.24, 2.45) is 28.6 Å². The van der Waals surface area contributed by atoms with Crippen LogP contribution in [0.15, 0.2) is 27.6 Å². The average molecular weight is 512 g/mol. The number of aliphatic hydroxyl groups is 1. The molecule has 2 amide bonds. The Hall–Kier alpha value is -1.86. The summed E-state index contributed by atoms with van der Waals surface area (Å²) in [6.45, 7) is 6.74. The third-order valence-corrected chi connectivity index (χ3v) is 12.0. The van der Waals surface area contributed by atoms with E-state index in [-0.39, 0.29) is 40.5 Å². The Morgan fingerprint density at radius 1 is 0.946 bits per heavy atom. The molecule has 5 fully saturated rings. The topological polar surface area (TPSA) is 104 Å². The molecule has 8 unspecified atom stereocenters. The van der Waals surface area contributed by atoms with E-state index in [1.807, 2.05) is 6.07 Å². The molecule has 0 bridgehead atoms. The fourth-order valence-corrected chi connectivity index (χ4v) is 9.84. The number of rotatable bonds is 3. The maximum absolute atomic E-state index is 12.7. The van der Waals surface area contributed by atoms with Crippen LogP contribution in [0.2, 0.25) is 0 Å². The fraction of sp³-hybridized carbons (Fsp3) is 0.800. The van der Waals surface area contributed by atoms with Gasteiger partial charge in [-0.15, -0.1) is 0 Å². The molecular weight excluding hydrogens is 466 g/mol. The van der Waals surface area contributed by atoms with Crippen LogP contribution in [0.25, 0.3) is 0 Å². The summed E-state index contributed by atoms with van der Waals surface area (Å²) in [5.74, 6) is 1.68. The molecule has 0 spiro atoms. The van der Waals surface area contributed by atoms with Crippen LogP contribution in [0, 0.1) is 28.6 Å².